The SMILES string of the molecule is CCN(Cc1ccncc1)C(C)(CN)CC(C)C. The third kappa shape index (κ3) is 4.07. The van der Waals surface area contributed by atoms with E-state index in [1.54, 1.807) is 0 Å². The zero-order valence-electron chi connectivity index (χ0n) is 12.2. The normalized spacial score (nSPS) is 15.1. The summed E-state index contributed by atoms with van der Waals surface area (Å²) >= 11 is 0. The molecule has 0 aliphatic carbocycles. The minimum Gasteiger partial charge on any atom is -0.329 e. The van der Waals surface area contributed by atoms with E-state index in [1.807, 2.05) is 12.4 Å². The van der Waals surface area contributed by atoms with Crippen molar-refractivity contribution >= 4 is 0 Å². The molecule has 0 aliphatic rings. The minimum absolute atomic E-state index is 0.0756. The lowest BCUT2D eigenvalue weighted by Gasteiger charge is -2.41. The van der Waals surface area contributed by atoms with Crippen LogP contribution in [0.5, 0.6) is 0 Å². The van der Waals surface area contributed by atoms with Gasteiger partial charge in [-0.15, -0.1) is 0 Å². The first kappa shape index (κ1) is 15.1. The molecule has 1 aromatic rings. The number of pyridine rings is 1. The first-order valence-electron chi connectivity index (χ1n) is 6.86. The monoisotopic (exact) mass is 249 g/mol. The molecule has 0 saturated heterocycles. The second kappa shape index (κ2) is 6.86. The second-order valence-corrected chi connectivity index (χ2v) is 5.67. The van der Waals surface area contributed by atoms with Crippen LogP contribution in [0, 0.1) is 5.92 Å². The summed E-state index contributed by atoms with van der Waals surface area (Å²) in [6.07, 6.45) is 4.83. The van der Waals surface area contributed by atoms with Crippen molar-refractivity contribution in [1.82, 2.24) is 9.88 Å². The summed E-state index contributed by atoms with van der Waals surface area (Å²) in [5.74, 6) is 0.657. The average Bonchev–Trinajstić information content (AvgIpc) is 2.36. The summed E-state index contributed by atoms with van der Waals surface area (Å²) in [7, 11) is 0. The molecular weight excluding hydrogens is 222 g/mol. The van der Waals surface area contributed by atoms with Gasteiger partial charge in [-0.1, -0.05) is 20.8 Å². The van der Waals surface area contributed by atoms with E-state index in [1.165, 1.54) is 5.56 Å². The first-order valence-corrected chi connectivity index (χ1v) is 6.86. The van der Waals surface area contributed by atoms with Gasteiger partial charge in [-0.2, -0.15) is 0 Å². The molecule has 3 heteroatoms. The van der Waals surface area contributed by atoms with E-state index < -0.39 is 0 Å². The van der Waals surface area contributed by atoms with Crippen molar-refractivity contribution in [1.29, 1.82) is 0 Å². The highest BCUT2D eigenvalue weighted by Crippen LogP contribution is 2.24. The van der Waals surface area contributed by atoms with Crippen LogP contribution in [-0.2, 0) is 6.54 Å². The molecule has 0 bridgehead atoms. The van der Waals surface area contributed by atoms with E-state index in [0.717, 1.165) is 19.5 Å². The van der Waals surface area contributed by atoms with Crippen LogP contribution in [0.4, 0.5) is 0 Å². The van der Waals surface area contributed by atoms with E-state index in [4.69, 9.17) is 5.73 Å². The van der Waals surface area contributed by atoms with E-state index in [2.05, 4.69) is 49.7 Å². The molecule has 0 saturated carbocycles. The number of rotatable bonds is 7. The lowest BCUT2D eigenvalue weighted by atomic mass is 9.88. The number of hydrogen-bond acceptors (Lipinski definition) is 3. The largest absolute Gasteiger partial charge is 0.329 e. The Morgan fingerprint density at radius 3 is 2.39 bits per heavy atom. The van der Waals surface area contributed by atoms with Crippen LogP contribution in [0.3, 0.4) is 0 Å². The Labute approximate surface area is 111 Å². The summed E-state index contributed by atoms with van der Waals surface area (Å²) in [5.41, 5.74) is 7.41. The van der Waals surface area contributed by atoms with Gasteiger partial charge >= 0.3 is 0 Å². The fourth-order valence-electron chi connectivity index (χ4n) is 2.61. The van der Waals surface area contributed by atoms with Crippen molar-refractivity contribution in [2.45, 2.75) is 46.2 Å². The highest BCUT2D eigenvalue weighted by molar-refractivity contribution is 5.10. The molecule has 0 spiro atoms. The van der Waals surface area contributed by atoms with Crippen LogP contribution in [0.25, 0.3) is 0 Å². The average molecular weight is 249 g/mol. The lowest BCUT2D eigenvalue weighted by Crippen LogP contribution is -2.51. The topological polar surface area (TPSA) is 42.2 Å². The number of aromatic nitrogens is 1. The number of hydrogen-bond donors (Lipinski definition) is 1. The van der Waals surface area contributed by atoms with Gasteiger partial charge in [0.25, 0.3) is 0 Å². The summed E-state index contributed by atoms with van der Waals surface area (Å²) in [6, 6.07) is 4.16. The molecule has 0 aliphatic heterocycles. The van der Waals surface area contributed by atoms with Crippen LogP contribution in [0.1, 0.15) is 39.7 Å². The van der Waals surface area contributed by atoms with Crippen molar-refractivity contribution in [3.8, 4) is 0 Å². The molecule has 0 aromatic carbocycles. The van der Waals surface area contributed by atoms with Gasteiger partial charge in [-0.05, 0) is 43.5 Å². The molecule has 1 aromatic heterocycles. The Morgan fingerprint density at radius 1 is 1.33 bits per heavy atom. The molecule has 18 heavy (non-hydrogen) atoms. The summed E-state index contributed by atoms with van der Waals surface area (Å²) < 4.78 is 0. The fraction of sp³-hybridized carbons (Fsp3) is 0.667. The Bertz CT molecular complexity index is 337. The van der Waals surface area contributed by atoms with Gasteiger partial charge in [0.1, 0.15) is 0 Å². The molecule has 3 nitrogen and oxygen atoms in total. The van der Waals surface area contributed by atoms with Gasteiger partial charge in [0.2, 0.25) is 0 Å². The van der Waals surface area contributed by atoms with E-state index >= 15 is 0 Å². The molecule has 0 amide bonds. The Hall–Kier alpha value is -0.930. The van der Waals surface area contributed by atoms with Crippen LogP contribution in [-0.4, -0.2) is 28.5 Å². The molecule has 1 unspecified atom stereocenters. The van der Waals surface area contributed by atoms with Crippen LogP contribution < -0.4 is 5.73 Å². The highest BCUT2D eigenvalue weighted by atomic mass is 15.2. The molecule has 1 heterocycles. The van der Waals surface area contributed by atoms with Gasteiger partial charge in [0, 0.05) is 31.0 Å². The molecular formula is C15H27N3. The highest BCUT2D eigenvalue weighted by Gasteiger charge is 2.30. The standard InChI is InChI=1S/C15H27N3/c1-5-18(11-14-6-8-17-9-7-14)15(4,12-16)10-13(2)3/h6-9,13H,5,10-12,16H2,1-4H3. The van der Waals surface area contributed by atoms with Crippen molar-refractivity contribution in [2.24, 2.45) is 11.7 Å². The molecule has 1 rings (SSSR count). The van der Waals surface area contributed by atoms with E-state index in [0.29, 0.717) is 12.5 Å². The van der Waals surface area contributed by atoms with E-state index in [-0.39, 0.29) is 5.54 Å². The summed E-state index contributed by atoms with van der Waals surface area (Å²) in [6.45, 7) is 11.7. The van der Waals surface area contributed by atoms with Gasteiger partial charge < -0.3 is 5.73 Å². The Kier molecular flexibility index (Phi) is 5.76. The second-order valence-electron chi connectivity index (χ2n) is 5.67. The quantitative estimate of drug-likeness (QED) is 0.808. The molecule has 0 radical (unpaired) electrons. The summed E-state index contributed by atoms with van der Waals surface area (Å²) in [4.78, 5) is 6.54. The van der Waals surface area contributed by atoms with Crippen LogP contribution in [0.2, 0.25) is 0 Å². The Morgan fingerprint density at radius 2 is 1.94 bits per heavy atom. The number of nitrogens with two attached hydrogens (primary N) is 1. The van der Waals surface area contributed by atoms with Gasteiger partial charge in [0.05, 0.1) is 0 Å². The van der Waals surface area contributed by atoms with Crippen molar-refractivity contribution in [2.75, 3.05) is 13.1 Å². The zero-order chi connectivity index (χ0) is 13.6. The fourth-order valence-corrected chi connectivity index (χ4v) is 2.61. The van der Waals surface area contributed by atoms with Crippen molar-refractivity contribution in [3.63, 3.8) is 0 Å². The molecule has 102 valence electrons. The third-order valence-electron chi connectivity index (χ3n) is 3.56. The summed E-state index contributed by atoms with van der Waals surface area (Å²) in [5, 5.41) is 0. The predicted octanol–water partition coefficient (Wildman–Crippen LogP) is 2.67. The maximum atomic E-state index is 6.03. The predicted molar refractivity (Wildman–Crippen MR) is 77.2 cm³/mol. The maximum Gasteiger partial charge on any atom is 0.0309 e. The number of nitrogens with zero attached hydrogens (tertiary/aromatic N) is 2. The smallest absolute Gasteiger partial charge is 0.0309 e. The lowest BCUT2D eigenvalue weighted by molar-refractivity contribution is 0.0869. The molecule has 0 fully saturated rings. The van der Waals surface area contributed by atoms with Crippen LogP contribution >= 0.6 is 0 Å². The zero-order valence-corrected chi connectivity index (χ0v) is 12.2. The van der Waals surface area contributed by atoms with Crippen LogP contribution in [0.15, 0.2) is 24.5 Å². The molecule has 2 N–H and O–H groups in total. The first-order chi connectivity index (χ1) is 8.51. The van der Waals surface area contributed by atoms with Gasteiger partial charge in [0.15, 0.2) is 0 Å². The maximum absolute atomic E-state index is 6.03. The van der Waals surface area contributed by atoms with Gasteiger partial charge in [-0.3, -0.25) is 9.88 Å². The van der Waals surface area contributed by atoms with Crippen molar-refractivity contribution in [3.05, 3.63) is 30.1 Å². The van der Waals surface area contributed by atoms with E-state index in [9.17, 15) is 0 Å². The van der Waals surface area contributed by atoms with Gasteiger partial charge in [-0.25, -0.2) is 0 Å². The molecule has 1 atom stereocenters. The van der Waals surface area contributed by atoms with Crippen molar-refractivity contribution < 1.29 is 0 Å². The minimum atomic E-state index is 0.0756. The third-order valence-corrected chi connectivity index (χ3v) is 3.56. The number of likely N-dealkylation sites (N-methyl/N-ethyl adjacent to an activating group) is 1. The Balaban J connectivity index is 2.80.